The standard InChI is InChI=1S/C23H35N8O10PS/c1-10(2)40-19(34)11(3)29-42(37,43-8-12-17(33)27-22(35)30(12)5)39-7-13-15(32)23(4,36)20(41-13)31-9-25-14-16(31)26-21(24)28-18(14)38-6/h9-13,15,20,32,36H,7-8H2,1-6H3,(H,29,37)(H2,24,26,28)(H,27,33,35)/t11-,12-,13+,15+,20+,23+,42+/m0/s1. The van der Waals surface area contributed by atoms with E-state index in [2.05, 4.69) is 25.4 Å². The molecule has 4 rings (SSSR count). The van der Waals surface area contributed by atoms with Crippen LogP contribution in [0.15, 0.2) is 6.33 Å². The number of methoxy groups -OCH3 is 1. The summed E-state index contributed by atoms with van der Waals surface area (Å²) in [4.78, 5) is 50.1. The largest absolute Gasteiger partial charge is 0.479 e. The van der Waals surface area contributed by atoms with E-state index in [-0.39, 0.29) is 28.7 Å². The van der Waals surface area contributed by atoms with Crippen LogP contribution in [0.1, 0.15) is 33.9 Å². The highest BCUT2D eigenvalue weighted by Gasteiger charge is 2.54. The summed E-state index contributed by atoms with van der Waals surface area (Å²) in [7, 11) is 2.79. The van der Waals surface area contributed by atoms with Gasteiger partial charge < -0.3 is 39.6 Å². The first kappa shape index (κ1) is 32.8. The third kappa shape index (κ3) is 6.72. The Morgan fingerprint density at radius 1 is 1.35 bits per heavy atom. The summed E-state index contributed by atoms with van der Waals surface area (Å²) in [5, 5.41) is 27.1. The van der Waals surface area contributed by atoms with Gasteiger partial charge in [-0.05, 0) is 27.7 Å². The zero-order valence-corrected chi connectivity index (χ0v) is 26.0. The highest BCUT2D eigenvalue weighted by molar-refractivity contribution is 8.56. The average molecular weight is 647 g/mol. The Balaban J connectivity index is 1.54. The molecule has 0 saturated carbocycles. The second-order valence-electron chi connectivity index (χ2n) is 10.5. The van der Waals surface area contributed by atoms with Crippen LogP contribution in [-0.4, -0.2) is 115 Å². The summed E-state index contributed by atoms with van der Waals surface area (Å²) in [6, 6.07) is -2.66. The van der Waals surface area contributed by atoms with Gasteiger partial charge >= 0.3 is 18.7 Å². The molecule has 0 unspecified atom stereocenters. The fourth-order valence-electron chi connectivity index (χ4n) is 4.46. The van der Waals surface area contributed by atoms with Gasteiger partial charge in [0, 0.05) is 12.8 Å². The topological polar surface area (TPSA) is 243 Å². The molecule has 2 aliphatic heterocycles. The number of hydrogen-bond donors (Lipinski definition) is 5. The van der Waals surface area contributed by atoms with Crippen molar-refractivity contribution in [1.82, 2.24) is 34.8 Å². The van der Waals surface area contributed by atoms with E-state index in [1.54, 1.807) is 13.8 Å². The number of ether oxygens (including phenoxy) is 3. The van der Waals surface area contributed by atoms with Crippen LogP contribution in [0.25, 0.3) is 11.2 Å². The van der Waals surface area contributed by atoms with Gasteiger partial charge in [0.25, 0.3) is 5.91 Å². The molecular formula is C23H35N8O10PS. The fourth-order valence-corrected chi connectivity index (χ4v) is 8.43. The lowest BCUT2D eigenvalue weighted by Gasteiger charge is -2.27. The number of rotatable bonds is 12. The number of aliphatic hydroxyl groups is 2. The molecule has 238 valence electrons. The minimum atomic E-state index is -4.05. The number of urea groups is 1. The molecule has 0 bridgehead atoms. The highest BCUT2D eigenvalue weighted by atomic mass is 32.7. The highest BCUT2D eigenvalue weighted by Crippen LogP contribution is 2.57. The zero-order chi connectivity index (χ0) is 31.9. The summed E-state index contributed by atoms with van der Waals surface area (Å²) >= 11 is 0.686. The quantitative estimate of drug-likeness (QED) is 0.114. The van der Waals surface area contributed by atoms with E-state index in [1.165, 1.54) is 38.9 Å². The molecule has 18 nitrogen and oxygen atoms in total. The second-order valence-corrected chi connectivity index (χ2v) is 14.8. The third-order valence-electron chi connectivity index (χ3n) is 6.80. The number of hydrogen-bond acceptors (Lipinski definition) is 15. The predicted octanol–water partition coefficient (Wildman–Crippen LogP) is -0.236. The van der Waals surface area contributed by atoms with Gasteiger partial charge in [-0.15, -0.1) is 0 Å². The van der Waals surface area contributed by atoms with Crippen molar-refractivity contribution < 1.29 is 47.9 Å². The van der Waals surface area contributed by atoms with E-state index < -0.39 is 73.5 Å². The maximum atomic E-state index is 14.0. The first-order valence-electron chi connectivity index (χ1n) is 13.1. The Kier molecular flexibility index (Phi) is 9.55. The van der Waals surface area contributed by atoms with Crippen molar-refractivity contribution in [2.75, 3.05) is 32.3 Å². The van der Waals surface area contributed by atoms with Crippen LogP contribution in [-0.2, 0) is 28.2 Å². The van der Waals surface area contributed by atoms with E-state index in [0.717, 1.165) is 4.90 Å². The number of anilines is 1. The molecule has 0 aromatic carbocycles. The molecule has 0 aliphatic carbocycles. The number of imide groups is 1. The number of carbonyl (C=O) groups excluding carboxylic acids is 3. The number of imidazole rings is 1. The van der Waals surface area contributed by atoms with Gasteiger partial charge in [0.1, 0.15) is 29.9 Å². The lowest BCUT2D eigenvalue weighted by Crippen LogP contribution is -2.44. The molecule has 43 heavy (non-hydrogen) atoms. The van der Waals surface area contributed by atoms with E-state index in [1.807, 2.05) is 0 Å². The molecule has 3 amide bonds. The van der Waals surface area contributed by atoms with Gasteiger partial charge in [0.05, 0.1) is 26.1 Å². The predicted molar refractivity (Wildman–Crippen MR) is 152 cm³/mol. The lowest BCUT2D eigenvalue weighted by molar-refractivity contribution is -0.149. The Labute approximate surface area is 250 Å². The summed E-state index contributed by atoms with van der Waals surface area (Å²) in [5.74, 6) is -1.46. The molecule has 2 aliphatic rings. The third-order valence-corrected chi connectivity index (χ3v) is 10.9. The van der Waals surface area contributed by atoms with Gasteiger partial charge in [-0.2, -0.15) is 9.97 Å². The maximum Gasteiger partial charge on any atom is 0.327 e. The molecule has 2 aromatic heterocycles. The first-order chi connectivity index (χ1) is 20.1. The second kappa shape index (κ2) is 12.5. The van der Waals surface area contributed by atoms with Gasteiger partial charge in [-0.1, -0.05) is 11.4 Å². The summed E-state index contributed by atoms with van der Waals surface area (Å²) in [5.41, 5.74) is 4.27. The van der Waals surface area contributed by atoms with Gasteiger partial charge in [0.15, 0.2) is 17.4 Å². The Bertz CT molecular complexity index is 1440. The molecule has 2 saturated heterocycles. The minimum Gasteiger partial charge on any atom is -0.479 e. The molecule has 6 N–H and O–H groups in total. The fraction of sp³-hybridized carbons (Fsp3) is 0.652. The Morgan fingerprint density at radius 3 is 2.65 bits per heavy atom. The Hall–Kier alpha value is -3.06. The molecular weight excluding hydrogens is 611 g/mol. The van der Waals surface area contributed by atoms with Crippen LogP contribution >= 0.6 is 18.1 Å². The molecule has 0 radical (unpaired) electrons. The normalized spacial score (nSPS) is 27.9. The number of nitrogen functional groups attached to an aromatic ring is 1. The number of nitrogens with zero attached hydrogens (tertiary/aromatic N) is 5. The summed E-state index contributed by atoms with van der Waals surface area (Å²) in [6.07, 6.45) is -3.16. The van der Waals surface area contributed by atoms with Gasteiger partial charge in [0.2, 0.25) is 11.8 Å². The minimum absolute atomic E-state index is 0.0942. The number of likely N-dealkylation sites (N-methyl/N-ethyl adjacent to an activating group) is 1. The van der Waals surface area contributed by atoms with Crippen molar-refractivity contribution in [3.8, 4) is 5.88 Å². The number of esters is 1. The van der Waals surface area contributed by atoms with E-state index >= 15 is 0 Å². The van der Waals surface area contributed by atoms with Gasteiger partial charge in [-0.3, -0.25) is 24.0 Å². The molecule has 7 atom stereocenters. The number of nitrogens with one attached hydrogen (secondary N) is 2. The van der Waals surface area contributed by atoms with Crippen molar-refractivity contribution in [2.45, 2.75) is 69.9 Å². The van der Waals surface area contributed by atoms with Crippen LogP contribution in [0.5, 0.6) is 5.88 Å². The molecule has 20 heteroatoms. The van der Waals surface area contributed by atoms with Gasteiger partial charge in [-0.25, -0.2) is 14.9 Å². The van der Waals surface area contributed by atoms with Crippen molar-refractivity contribution >= 4 is 53.1 Å². The van der Waals surface area contributed by atoms with E-state index in [0.29, 0.717) is 11.4 Å². The number of amides is 3. The number of nitrogens with two attached hydrogens (primary N) is 1. The molecule has 4 heterocycles. The summed E-state index contributed by atoms with van der Waals surface area (Å²) in [6.45, 7) is 1.49. The van der Waals surface area contributed by atoms with E-state index in [4.69, 9.17) is 24.5 Å². The van der Waals surface area contributed by atoms with Crippen LogP contribution in [0, 0.1) is 0 Å². The van der Waals surface area contributed by atoms with Crippen molar-refractivity contribution in [3.63, 3.8) is 0 Å². The smallest absolute Gasteiger partial charge is 0.327 e. The van der Waals surface area contributed by atoms with E-state index in [9.17, 15) is 29.2 Å². The number of carbonyl (C=O) groups is 3. The molecule has 2 aromatic rings. The van der Waals surface area contributed by atoms with Crippen LogP contribution < -0.4 is 20.9 Å². The number of aromatic nitrogens is 4. The molecule has 0 spiro atoms. The van der Waals surface area contributed by atoms with Crippen molar-refractivity contribution in [3.05, 3.63) is 6.33 Å². The number of aliphatic hydroxyl groups excluding tert-OH is 1. The van der Waals surface area contributed by atoms with Crippen molar-refractivity contribution in [2.24, 2.45) is 0 Å². The lowest BCUT2D eigenvalue weighted by atomic mass is 9.96. The Morgan fingerprint density at radius 2 is 2.05 bits per heavy atom. The first-order valence-corrected chi connectivity index (χ1v) is 16.3. The maximum absolute atomic E-state index is 14.0. The zero-order valence-electron chi connectivity index (χ0n) is 24.3. The monoisotopic (exact) mass is 646 g/mol. The summed E-state index contributed by atoms with van der Waals surface area (Å²) < 4.78 is 37.5. The SMILES string of the molecule is COc1nc(N)nc2c1ncn2[C@@H]1O[C@H](CO[P@](=O)(N[C@@H](C)C(=O)OC(C)C)SC[C@H]2C(=O)NC(=O)N2C)[C@@H](O)[C@@]1(C)O. The number of fused-ring (bicyclic) bond motifs is 1. The van der Waals surface area contributed by atoms with Crippen LogP contribution in [0.2, 0.25) is 0 Å². The van der Waals surface area contributed by atoms with Crippen molar-refractivity contribution in [1.29, 1.82) is 0 Å². The average Bonchev–Trinajstić information content (AvgIpc) is 3.52. The van der Waals surface area contributed by atoms with Crippen LogP contribution in [0.4, 0.5) is 10.7 Å². The van der Waals surface area contributed by atoms with Crippen LogP contribution in [0.3, 0.4) is 0 Å². The molecule has 2 fully saturated rings.